The Balaban J connectivity index is 2.62. The Labute approximate surface area is 159 Å². The third-order valence-electron chi connectivity index (χ3n) is 4.35. The Bertz CT molecular complexity index is 946. The number of nitrogens with zero attached hydrogens (tertiary/aromatic N) is 3. The normalized spacial score (nSPS) is 11.7. The number of sulfonamides is 1. The fourth-order valence-electron chi connectivity index (χ4n) is 3.06. The monoisotopic (exact) mass is 395 g/mol. The van der Waals surface area contributed by atoms with Crippen molar-refractivity contribution >= 4 is 15.9 Å². The summed E-state index contributed by atoms with van der Waals surface area (Å²) in [7, 11) is -0.831. The molecule has 0 aliphatic heterocycles. The molecule has 148 valence electrons. The first-order valence-corrected chi connectivity index (χ1v) is 10.0. The van der Waals surface area contributed by atoms with Crippen LogP contribution in [0, 0.1) is 13.8 Å². The van der Waals surface area contributed by atoms with Gasteiger partial charge in [0.1, 0.15) is 4.90 Å². The van der Waals surface area contributed by atoms with Crippen molar-refractivity contribution < 1.29 is 22.7 Å². The molecular weight excluding hydrogens is 370 g/mol. The van der Waals surface area contributed by atoms with Crippen LogP contribution in [0.15, 0.2) is 23.1 Å². The van der Waals surface area contributed by atoms with Gasteiger partial charge < -0.3 is 9.47 Å². The average molecular weight is 395 g/mol. The predicted octanol–water partition coefficient (Wildman–Crippen LogP) is 2.24. The average Bonchev–Trinajstić information content (AvgIpc) is 2.95. The highest BCUT2D eigenvalue weighted by molar-refractivity contribution is 7.89. The van der Waals surface area contributed by atoms with Gasteiger partial charge in [0.2, 0.25) is 10.0 Å². The molecule has 0 fully saturated rings. The fourth-order valence-corrected chi connectivity index (χ4v) is 4.87. The van der Waals surface area contributed by atoms with Crippen LogP contribution in [0.2, 0.25) is 0 Å². The Morgan fingerprint density at radius 3 is 2.30 bits per heavy atom. The predicted molar refractivity (Wildman–Crippen MR) is 101 cm³/mol. The van der Waals surface area contributed by atoms with Crippen molar-refractivity contribution in [3.8, 4) is 11.5 Å². The van der Waals surface area contributed by atoms with Gasteiger partial charge in [-0.1, -0.05) is 19.9 Å². The minimum Gasteiger partial charge on any atom is -0.493 e. The molecule has 0 saturated heterocycles. The van der Waals surface area contributed by atoms with Gasteiger partial charge in [0.05, 0.1) is 31.2 Å². The second-order valence-electron chi connectivity index (χ2n) is 5.85. The van der Waals surface area contributed by atoms with Crippen molar-refractivity contribution in [2.75, 3.05) is 27.3 Å². The highest BCUT2D eigenvalue weighted by Crippen LogP contribution is 2.32. The molecule has 9 heteroatoms. The van der Waals surface area contributed by atoms with Crippen molar-refractivity contribution in [1.29, 1.82) is 0 Å². The van der Waals surface area contributed by atoms with Crippen molar-refractivity contribution in [3.05, 3.63) is 35.2 Å². The molecule has 0 amide bonds. The molecule has 1 aromatic heterocycles. The molecule has 0 unspecified atom stereocenters. The molecule has 0 aliphatic rings. The number of hydrogen-bond donors (Lipinski definition) is 0. The number of benzene rings is 1. The van der Waals surface area contributed by atoms with Gasteiger partial charge in [0.25, 0.3) is 5.91 Å². The zero-order valence-electron chi connectivity index (χ0n) is 16.4. The minimum atomic E-state index is -3.74. The largest absolute Gasteiger partial charge is 0.493 e. The van der Waals surface area contributed by atoms with Gasteiger partial charge in [-0.05, 0) is 26.0 Å². The van der Waals surface area contributed by atoms with Gasteiger partial charge in [0.15, 0.2) is 11.5 Å². The molecule has 0 saturated carbocycles. The summed E-state index contributed by atoms with van der Waals surface area (Å²) < 4.78 is 38.9. The number of ether oxygens (including phenoxy) is 2. The number of aromatic nitrogens is 2. The second kappa shape index (κ2) is 8.10. The third-order valence-corrected chi connectivity index (χ3v) is 6.66. The Morgan fingerprint density at radius 1 is 1.15 bits per heavy atom. The van der Waals surface area contributed by atoms with E-state index in [0.29, 0.717) is 18.8 Å². The quantitative estimate of drug-likeness (QED) is 0.714. The fraction of sp³-hybridized carbons (Fsp3) is 0.444. The van der Waals surface area contributed by atoms with Crippen molar-refractivity contribution in [1.82, 2.24) is 14.1 Å². The van der Waals surface area contributed by atoms with Crippen molar-refractivity contribution in [3.63, 3.8) is 0 Å². The van der Waals surface area contributed by atoms with E-state index in [4.69, 9.17) is 9.47 Å². The maximum Gasteiger partial charge on any atom is 0.282 e. The van der Waals surface area contributed by atoms with Crippen LogP contribution < -0.4 is 9.47 Å². The molecule has 0 bridgehead atoms. The zero-order valence-corrected chi connectivity index (χ0v) is 17.3. The first-order valence-electron chi connectivity index (χ1n) is 8.56. The topological polar surface area (TPSA) is 90.7 Å². The van der Waals surface area contributed by atoms with Crippen LogP contribution in [0.5, 0.6) is 11.5 Å². The Morgan fingerprint density at radius 2 is 1.78 bits per heavy atom. The van der Waals surface area contributed by atoms with E-state index in [9.17, 15) is 13.2 Å². The Hall–Kier alpha value is -2.39. The second-order valence-corrected chi connectivity index (χ2v) is 7.72. The molecule has 8 nitrogen and oxygen atoms in total. The summed E-state index contributed by atoms with van der Waals surface area (Å²) in [6, 6.07) is 4.92. The molecule has 0 aliphatic carbocycles. The van der Waals surface area contributed by atoms with Crippen LogP contribution in [0.3, 0.4) is 0 Å². The van der Waals surface area contributed by atoms with E-state index in [1.54, 1.807) is 45.9 Å². The van der Waals surface area contributed by atoms with Crippen LogP contribution >= 0.6 is 0 Å². The number of carbonyl (C=O) groups excluding carboxylic acids is 1. The molecular formula is C18H25N3O5S. The number of para-hydroxylation sites is 1. The van der Waals surface area contributed by atoms with Gasteiger partial charge in [-0.15, -0.1) is 0 Å². The first-order chi connectivity index (χ1) is 12.7. The van der Waals surface area contributed by atoms with Gasteiger partial charge in [-0.25, -0.2) is 8.42 Å². The highest BCUT2D eigenvalue weighted by atomic mass is 32.2. The van der Waals surface area contributed by atoms with E-state index in [1.807, 2.05) is 0 Å². The van der Waals surface area contributed by atoms with Crippen LogP contribution in [0.25, 0.3) is 0 Å². The maximum atomic E-state index is 13.1. The van der Waals surface area contributed by atoms with E-state index >= 15 is 0 Å². The molecule has 0 atom stereocenters. The summed E-state index contributed by atoms with van der Waals surface area (Å²) in [4.78, 5) is 13.1. The standard InChI is InChI=1S/C18H25N3O5S/c1-7-20(8-2)27(23,24)17-12(3)19-21(13(17)4)18(22)14-10-9-11-15(25-5)16(14)26-6/h9-11H,7-8H2,1-6H3. The molecule has 0 spiro atoms. The number of carbonyl (C=O) groups is 1. The molecule has 1 aromatic carbocycles. The Kier molecular flexibility index (Phi) is 6.27. The van der Waals surface area contributed by atoms with E-state index < -0.39 is 15.9 Å². The molecule has 0 N–H and O–H groups in total. The maximum absolute atomic E-state index is 13.1. The van der Waals surface area contributed by atoms with E-state index in [1.165, 1.54) is 18.5 Å². The summed E-state index contributed by atoms with van der Waals surface area (Å²) in [6.45, 7) is 7.35. The molecule has 2 rings (SSSR count). The SMILES string of the molecule is CCN(CC)S(=O)(=O)c1c(C)nn(C(=O)c2cccc(OC)c2OC)c1C. The smallest absolute Gasteiger partial charge is 0.282 e. The van der Waals surface area contributed by atoms with Crippen molar-refractivity contribution in [2.24, 2.45) is 0 Å². The number of methoxy groups -OCH3 is 2. The molecule has 1 heterocycles. The summed E-state index contributed by atoms with van der Waals surface area (Å²) in [6.07, 6.45) is 0. The van der Waals surface area contributed by atoms with Crippen molar-refractivity contribution in [2.45, 2.75) is 32.6 Å². The van der Waals surface area contributed by atoms with Gasteiger partial charge in [-0.2, -0.15) is 14.1 Å². The minimum absolute atomic E-state index is 0.0569. The van der Waals surface area contributed by atoms with E-state index in [2.05, 4.69) is 5.10 Å². The number of rotatable bonds is 7. The third kappa shape index (κ3) is 3.57. The van der Waals surface area contributed by atoms with Gasteiger partial charge in [0, 0.05) is 13.1 Å². The van der Waals surface area contributed by atoms with Crippen LogP contribution in [-0.4, -0.2) is 55.7 Å². The summed E-state index contributed by atoms with van der Waals surface area (Å²) in [5, 5.41) is 4.20. The highest BCUT2D eigenvalue weighted by Gasteiger charge is 2.31. The first kappa shape index (κ1) is 20.9. The summed E-state index contributed by atoms with van der Waals surface area (Å²) >= 11 is 0. The summed E-state index contributed by atoms with van der Waals surface area (Å²) in [5.74, 6) is 0.180. The summed E-state index contributed by atoms with van der Waals surface area (Å²) in [5.41, 5.74) is 0.762. The van der Waals surface area contributed by atoms with E-state index in [-0.39, 0.29) is 27.6 Å². The zero-order chi connectivity index (χ0) is 20.4. The molecule has 27 heavy (non-hydrogen) atoms. The van der Waals surface area contributed by atoms with E-state index in [0.717, 1.165) is 4.68 Å². The molecule has 0 radical (unpaired) electrons. The van der Waals surface area contributed by atoms with Crippen LogP contribution in [-0.2, 0) is 10.0 Å². The number of hydrogen-bond acceptors (Lipinski definition) is 6. The number of aryl methyl sites for hydroxylation is 1. The van der Waals surface area contributed by atoms with Gasteiger partial charge in [-0.3, -0.25) is 4.79 Å². The molecule has 2 aromatic rings. The lowest BCUT2D eigenvalue weighted by atomic mass is 10.1. The van der Waals surface area contributed by atoms with Crippen LogP contribution in [0.1, 0.15) is 35.6 Å². The lowest BCUT2D eigenvalue weighted by Crippen LogP contribution is -2.31. The lowest BCUT2D eigenvalue weighted by molar-refractivity contribution is 0.0938. The van der Waals surface area contributed by atoms with Crippen LogP contribution in [0.4, 0.5) is 0 Å². The lowest BCUT2D eigenvalue weighted by Gasteiger charge is -2.18. The van der Waals surface area contributed by atoms with Gasteiger partial charge >= 0.3 is 0 Å².